The highest BCUT2D eigenvalue weighted by molar-refractivity contribution is 9.10. The maximum absolute atomic E-state index is 13.4. The third kappa shape index (κ3) is 2.70. The Morgan fingerprint density at radius 2 is 2.19 bits per heavy atom. The number of fused-ring (bicyclic) bond motifs is 4. The number of guanidine groups is 1. The molecule has 6 nitrogen and oxygen atoms in total. The van der Waals surface area contributed by atoms with E-state index in [9.17, 15) is 4.79 Å². The molecule has 4 atom stereocenters. The molecule has 2 aliphatic heterocycles. The van der Waals surface area contributed by atoms with Crippen molar-refractivity contribution in [1.82, 2.24) is 4.90 Å². The second-order valence-electron chi connectivity index (χ2n) is 8.22. The molecular formula is C20H24BrN3O3. The Morgan fingerprint density at radius 3 is 2.89 bits per heavy atom. The highest BCUT2D eigenvalue weighted by Crippen LogP contribution is 2.54. The van der Waals surface area contributed by atoms with E-state index in [0.717, 1.165) is 47.6 Å². The lowest BCUT2D eigenvalue weighted by Crippen LogP contribution is -2.55. The second kappa shape index (κ2) is 6.21. The topological polar surface area (TPSA) is 77.2 Å². The third-order valence-electron chi connectivity index (χ3n) is 6.44. The van der Waals surface area contributed by atoms with E-state index in [4.69, 9.17) is 20.2 Å². The van der Waals surface area contributed by atoms with Gasteiger partial charge in [0.1, 0.15) is 11.9 Å². The molecule has 2 N–H and O–H groups in total. The summed E-state index contributed by atoms with van der Waals surface area (Å²) in [6.07, 6.45) is 5.24. The molecule has 1 aromatic rings. The Bertz CT molecular complexity index is 825. The first-order valence-electron chi connectivity index (χ1n) is 9.71. The molecule has 2 aliphatic carbocycles. The number of carbonyl (C=O) groups is 1. The fraction of sp³-hybridized carbons (Fsp3) is 0.600. The van der Waals surface area contributed by atoms with Crippen molar-refractivity contribution in [2.45, 2.75) is 49.9 Å². The average Bonchev–Trinajstić information content (AvgIpc) is 3.46. The van der Waals surface area contributed by atoms with Crippen LogP contribution in [0.3, 0.4) is 0 Å². The number of ether oxygens (including phenoxy) is 2. The fourth-order valence-corrected chi connectivity index (χ4v) is 5.10. The number of aliphatic imine (C=N–C) groups is 1. The summed E-state index contributed by atoms with van der Waals surface area (Å²) in [5.41, 5.74) is 5.90. The maximum Gasteiger partial charge on any atom is 0.262 e. The number of nitrogens with two attached hydrogens (primary N) is 1. The zero-order valence-electron chi connectivity index (χ0n) is 15.4. The Kier molecular flexibility index (Phi) is 4.02. The molecule has 7 heteroatoms. The number of likely N-dealkylation sites (N-methyl/N-ethyl adjacent to an activating group) is 1. The number of rotatable bonds is 3. The van der Waals surface area contributed by atoms with Gasteiger partial charge in [0.2, 0.25) is 0 Å². The number of amides is 1. The van der Waals surface area contributed by atoms with Gasteiger partial charge < -0.3 is 15.2 Å². The standard InChI is InChI=1S/C20H24BrN3O3/c1-24-18(25)20(23-19(24)22)14-8-12(21)4-6-16(14)27-17-7-5-13(9-15(17)20)26-10-11-2-3-11/h4,6,8,11,13,15,17H,2-3,5,7,9-10H2,1H3,(H2,22,23)/t13-,15-,17-,20-/m0/s1. The molecule has 0 unspecified atom stereocenters. The van der Waals surface area contributed by atoms with Crippen LogP contribution in [0.1, 0.15) is 37.7 Å². The summed E-state index contributed by atoms with van der Waals surface area (Å²) in [6, 6.07) is 5.81. The first-order valence-corrected chi connectivity index (χ1v) is 10.5. The van der Waals surface area contributed by atoms with E-state index in [1.807, 2.05) is 18.2 Å². The van der Waals surface area contributed by atoms with Gasteiger partial charge in [0.25, 0.3) is 5.91 Å². The summed E-state index contributed by atoms with van der Waals surface area (Å²) in [6.45, 7) is 0.831. The van der Waals surface area contributed by atoms with Crippen LogP contribution >= 0.6 is 15.9 Å². The molecule has 0 radical (unpaired) electrons. The van der Waals surface area contributed by atoms with Crippen molar-refractivity contribution in [2.24, 2.45) is 22.6 Å². The van der Waals surface area contributed by atoms with Crippen LogP contribution < -0.4 is 10.5 Å². The predicted octanol–water partition coefficient (Wildman–Crippen LogP) is 2.79. The Labute approximate surface area is 167 Å². The van der Waals surface area contributed by atoms with Crippen molar-refractivity contribution in [2.75, 3.05) is 13.7 Å². The first-order chi connectivity index (χ1) is 13.0. The van der Waals surface area contributed by atoms with Crippen LogP contribution in [0.4, 0.5) is 0 Å². The summed E-state index contributed by atoms with van der Waals surface area (Å²) in [7, 11) is 1.70. The molecule has 2 saturated carbocycles. The second-order valence-corrected chi connectivity index (χ2v) is 9.13. The molecule has 1 spiro atoms. The van der Waals surface area contributed by atoms with Crippen molar-refractivity contribution in [3.8, 4) is 5.75 Å². The number of halogens is 1. The molecule has 1 amide bonds. The van der Waals surface area contributed by atoms with Gasteiger partial charge in [0.15, 0.2) is 11.5 Å². The van der Waals surface area contributed by atoms with Crippen molar-refractivity contribution in [3.05, 3.63) is 28.2 Å². The lowest BCUT2D eigenvalue weighted by atomic mass is 9.67. The molecule has 144 valence electrons. The average molecular weight is 434 g/mol. The molecule has 0 bridgehead atoms. The van der Waals surface area contributed by atoms with Crippen LogP contribution in [0.2, 0.25) is 0 Å². The SMILES string of the molecule is CN1C(=O)[C@]2(N=C1N)c1cc(Br)ccc1O[C@H]1CC[C@H](OCC3CC3)C[C@@H]12. The summed E-state index contributed by atoms with van der Waals surface area (Å²) in [5.74, 6) is 1.59. The Balaban J connectivity index is 1.56. The van der Waals surface area contributed by atoms with E-state index in [1.54, 1.807) is 7.05 Å². The molecule has 1 aromatic carbocycles. The van der Waals surface area contributed by atoms with Gasteiger partial charge >= 0.3 is 0 Å². The summed E-state index contributed by atoms with van der Waals surface area (Å²) in [5, 5.41) is 0. The number of carbonyl (C=O) groups excluding carboxylic acids is 1. The number of nitrogens with zero attached hydrogens (tertiary/aromatic N) is 2. The van der Waals surface area contributed by atoms with Crippen molar-refractivity contribution >= 4 is 27.8 Å². The first kappa shape index (κ1) is 17.5. The smallest absolute Gasteiger partial charge is 0.262 e. The van der Waals surface area contributed by atoms with E-state index in [-0.39, 0.29) is 30.0 Å². The van der Waals surface area contributed by atoms with Gasteiger partial charge in [-0.05, 0) is 56.2 Å². The molecule has 0 saturated heterocycles. The lowest BCUT2D eigenvalue weighted by molar-refractivity contribution is -0.139. The zero-order valence-corrected chi connectivity index (χ0v) is 16.9. The number of hydrogen-bond acceptors (Lipinski definition) is 5. The molecule has 0 aromatic heterocycles. The number of benzene rings is 1. The number of hydrogen-bond donors (Lipinski definition) is 1. The molecule has 4 aliphatic rings. The molecule has 5 rings (SSSR count). The van der Waals surface area contributed by atoms with E-state index in [0.29, 0.717) is 0 Å². The van der Waals surface area contributed by atoms with Crippen LogP contribution in [0.5, 0.6) is 5.75 Å². The van der Waals surface area contributed by atoms with Gasteiger partial charge in [0.05, 0.1) is 6.10 Å². The predicted molar refractivity (Wildman–Crippen MR) is 104 cm³/mol. The van der Waals surface area contributed by atoms with Crippen LogP contribution in [0, 0.1) is 11.8 Å². The fourth-order valence-electron chi connectivity index (χ4n) is 4.74. The van der Waals surface area contributed by atoms with Crippen LogP contribution in [-0.2, 0) is 15.1 Å². The highest BCUT2D eigenvalue weighted by Gasteiger charge is 2.61. The third-order valence-corrected chi connectivity index (χ3v) is 6.93. The maximum atomic E-state index is 13.4. The van der Waals surface area contributed by atoms with Crippen molar-refractivity contribution in [3.63, 3.8) is 0 Å². The normalized spacial score (nSPS) is 34.9. The van der Waals surface area contributed by atoms with Crippen molar-refractivity contribution in [1.29, 1.82) is 0 Å². The summed E-state index contributed by atoms with van der Waals surface area (Å²) in [4.78, 5) is 19.7. The minimum atomic E-state index is -1.01. The minimum Gasteiger partial charge on any atom is -0.490 e. The largest absolute Gasteiger partial charge is 0.490 e. The lowest BCUT2D eigenvalue weighted by Gasteiger charge is -2.47. The molecular weight excluding hydrogens is 410 g/mol. The highest BCUT2D eigenvalue weighted by atomic mass is 79.9. The van der Waals surface area contributed by atoms with Crippen LogP contribution in [0.25, 0.3) is 0 Å². The van der Waals surface area contributed by atoms with Gasteiger partial charge in [-0.25, -0.2) is 4.99 Å². The molecule has 27 heavy (non-hydrogen) atoms. The van der Waals surface area contributed by atoms with E-state index in [1.165, 1.54) is 17.7 Å². The van der Waals surface area contributed by atoms with Crippen LogP contribution in [-0.4, -0.2) is 42.6 Å². The summed E-state index contributed by atoms with van der Waals surface area (Å²) >= 11 is 3.53. The van der Waals surface area contributed by atoms with Crippen LogP contribution in [0.15, 0.2) is 27.7 Å². The van der Waals surface area contributed by atoms with Gasteiger partial charge in [-0.2, -0.15) is 0 Å². The quantitative estimate of drug-likeness (QED) is 0.794. The van der Waals surface area contributed by atoms with Gasteiger partial charge in [-0.15, -0.1) is 0 Å². The van der Waals surface area contributed by atoms with Gasteiger partial charge in [0, 0.05) is 29.6 Å². The van der Waals surface area contributed by atoms with Gasteiger partial charge in [-0.3, -0.25) is 9.69 Å². The monoisotopic (exact) mass is 433 g/mol. The van der Waals surface area contributed by atoms with E-state index >= 15 is 0 Å². The van der Waals surface area contributed by atoms with Gasteiger partial charge in [-0.1, -0.05) is 15.9 Å². The molecule has 2 heterocycles. The minimum absolute atomic E-state index is 0.0496. The Hall–Kier alpha value is -1.60. The van der Waals surface area contributed by atoms with E-state index < -0.39 is 5.54 Å². The molecule has 2 fully saturated rings. The van der Waals surface area contributed by atoms with E-state index in [2.05, 4.69) is 15.9 Å². The summed E-state index contributed by atoms with van der Waals surface area (Å²) < 4.78 is 13.4. The zero-order chi connectivity index (χ0) is 18.8. The Morgan fingerprint density at radius 1 is 1.37 bits per heavy atom. The van der Waals surface area contributed by atoms with Crippen molar-refractivity contribution < 1.29 is 14.3 Å².